The molecule has 0 radical (unpaired) electrons. The molecule has 140 valence electrons. The maximum absolute atomic E-state index is 13.0. The molecule has 6 heteroatoms. The molecule has 1 aliphatic heterocycles. The molecule has 1 heterocycles. The van der Waals surface area contributed by atoms with Crippen molar-refractivity contribution in [3.05, 3.63) is 76.8 Å². The van der Waals surface area contributed by atoms with E-state index in [1.807, 2.05) is 42.5 Å². The number of hydrogen-bond donors (Lipinski definition) is 0. The van der Waals surface area contributed by atoms with Gasteiger partial charge in [-0.1, -0.05) is 58.4 Å². The van der Waals surface area contributed by atoms with Gasteiger partial charge in [0.25, 0.3) is 0 Å². The highest BCUT2D eigenvalue weighted by Gasteiger charge is 2.28. The van der Waals surface area contributed by atoms with Crippen LogP contribution in [0, 0.1) is 0 Å². The lowest BCUT2D eigenvalue weighted by Crippen LogP contribution is -2.48. The van der Waals surface area contributed by atoms with E-state index in [1.54, 1.807) is 16.4 Å². The van der Waals surface area contributed by atoms with Gasteiger partial charge in [0.2, 0.25) is 10.0 Å². The lowest BCUT2D eigenvalue weighted by atomic mass is 10.1. The minimum absolute atomic E-state index is 0.377. The first-order valence-electron chi connectivity index (χ1n) is 8.98. The van der Waals surface area contributed by atoms with Gasteiger partial charge in [-0.3, -0.25) is 4.90 Å². The summed E-state index contributed by atoms with van der Waals surface area (Å²) in [5.41, 5.74) is 1.24. The van der Waals surface area contributed by atoms with Crippen molar-refractivity contribution in [1.29, 1.82) is 0 Å². The maximum Gasteiger partial charge on any atom is 0.243 e. The van der Waals surface area contributed by atoms with E-state index in [9.17, 15) is 8.42 Å². The summed E-state index contributed by atoms with van der Waals surface area (Å²) in [5, 5.41) is 2.00. The van der Waals surface area contributed by atoms with Crippen molar-refractivity contribution in [2.75, 3.05) is 26.2 Å². The molecule has 4 nitrogen and oxygen atoms in total. The molecule has 1 saturated heterocycles. The van der Waals surface area contributed by atoms with Crippen LogP contribution in [0.2, 0.25) is 0 Å². The third-order valence-electron chi connectivity index (χ3n) is 5.01. The van der Waals surface area contributed by atoms with E-state index in [-0.39, 0.29) is 0 Å². The van der Waals surface area contributed by atoms with Gasteiger partial charge in [-0.15, -0.1) is 0 Å². The predicted molar refractivity (Wildman–Crippen MR) is 112 cm³/mol. The molecule has 0 amide bonds. The number of benzene rings is 3. The average molecular weight is 445 g/mol. The van der Waals surface area contributed by atoms with Gasteiger partial charge >= 0.3 is 0 Å². The number of fused-ring (bicyclic) bond motifs is 1. The third kappa shape index (κ3) is 4.09. The summed E-state index contributed by atoms with van der Waals surface area (Å²) < 4.78 is 28.7. The zero-order valence-electron chi connectivity index (χ0n) is 14.9. The quantitative estimate of drug-likeness (QED) is 0.607. The summed E-state index contributed by atoms with van der Waals surface area (Å²) >= 11 is 3.45. The topological polar surface area (TPSA) is 40.6 Å². The van der Waals surface area contributed by atoms with Gasteiger partial charge in [0.1, 0.15) is 0 Å². The molecule has 1 fully saturated rings. The van der Waals surface area contributed by atoms with Gasteiger partial charge in [0.15, 0.2) is 0 Å². The lowest BCUT2D eigenvalue weighted by molar-refractivity contribution is 0.181. The van der Waals surface area contributed by atoms with Crippen molar-refractivity contribution in [2.24, 2.45) is 0 Å². The monoisotopic (exact) mass is 444 g/mol. The van der Waals surface area contributed by atoms with Crippen LogP contribution in [0.1, 0.15) is 5.56 Å². The summed E-state index contributed by atoms with van der Waals surface area (Å²) in [4.78, 5) is 2.68. The van der Waals surface area contributed by atoms with Crippen LogP contribution in [-0.4, -0.2) is 43.8 Å². The van der Waals surface area contributed by atoms with Crippen LogP contribution in [0.25, 0.3) is 10.8 Å². The van der Waals surface area contributed by atoms with Gasteiger partial charge in [0.05, 0.1) is 4.90 Å². The van der Waals surface area contributed by atoms with E-state index in [0.29, 0.717) is 18.0 Å². The summed E-state index contributed by atoms with van der Waals surface area (Å²) in [6, 6.07) is 21.5. The first-order chi connectivity index (χ1) is 13.0. The second kappa shape index (κ2) is 7.72. The normalized spacial score (nSPS) is 16.6. The van der Waals surface area contributed by atoms with Gasteiger partial charge in [-0.05, 0) is 40.6 Å². The molecule has 4 rings (SSSR count). The van der Waals surface area contributed by atoms with Crippen LogP contribution in [-0.2, 0) is 16.6 Å². The predicted octanol–water partition coefficient (Wildman–Crippen LogP) is 4.11. The number of piperazine rings is 1. The van der Waals surface area contributed by atoms with E-state index in [2.05, 4.69) is 33.0 Å². The maximum atomic E-state index is 13.0. The molecule has 0 N–H and O–H groups in total. The zero-order chi connectivity index (χ0) is 18.9. The van der Waals surface area contributed by atoms with Crippen LogP contribution >= 0.6 is 15.9 Å². The number of halogens is 1. The standard InChI is InChI=1S/C21H21BrN2O2S/c22-20-8-5-17(6-9-20)16-23-11-13-24(14-12-23)27(25,26)21-10-7-18-3-1-2-4-19(18)15-21/h1-10,15H,11-14,16H2. The second-order valence-corrected chi connectivity index (χ2v) is 9.67. The average Bonchev–Trinajstić information content (AvgIpc) is 2.70. The molecule has 0 unspecified atom stereocenters. The van der Waals surface area contributed by atoms with Crippen molar-refractivity contribution >= 4 is 36.7 Å². The summed E-state index contributed by atoms with van der Waals surface area (Å²) in [6.07, 6.45) is 0. The van der Waals surface area contributed by atoms with Crippen molar-refractivity contribution in [1.82, 2.24) is 9.21 Å². The van der Waals surface area contributed by atoms with E-state index in [1.165, 1.54) is 5.56 Å². The Hall–Kier alpha value is -1.73. The second-order valence-electron chi connectivity index (χ2n) is 6.82. The molecule has 0 atom stereocenters. The van der Waals surface area contributed by atoms with Crippen molar-refractivity contribution in [3.8, 4) is 0 Å². The Morgan fingerprint density at radius 1 is 0.815 bits per heavy atom. The van der Waals surface area contributed by atoms with Gasteiger partial charge in [-0.25, -0.2) is 8.42 Å². The highest BCUT2D eigenvalue weighted by atomic mass is 79.9. The number of rotatable bonds is 4. The first kappa shape index (κ1) is 18.6. The van der Waals surface area contributed by atoms with Gasteiger partial charge in [0, 0.05) is 37.2 Å². The van der Waals surface area contributed by atoms with Crippen LogP contribution in [0.3, 0.4) is 0 Å². The van der Waals surface area contributed by atoms with Crippen molar-refractivity contribution in [3.63, 3.8) is 0 Å². The fourth-order valence-electron chi connectivity index (χ4n) is 3.45. The highest BCUT2D eigenvalue weighted by molar-refractivity contribution is 9.10. The number of sulfonamides is 1. The molecule has 3 aromatic rings. The lowest BCUT2D eigenvalue weighted by Gasteiger charge is -2.34. The fourth-order valence-corrected chi connectivity index (χ4v) is 5.18. The summed E-state index contributed by atoms with van der Waals surface area (Å²) in [7, 11) is -3.45. The highest BCUT2D eigenvalue weighted by Crippen LogP contribution is 2.23. The van der Waals surface area contributed by atoms with Crippen LogP contribution in [0.4, 0.5) is 0 Å². The first-order valence-corrected chi connectivity index (χ1v) is 11.2. The molecular weight excluding hydrogens is 424 g/mol. The van der Waals surface area contributed by atoms with Crippen molar-refractivity contribution < 1.29 is 8.42 Å². The molecular formula is C21H21BrN2O2S. The molecule has 27 heavy (non-hydrogen) atoms. The molecule has 0 bridgehead atoms. The number of hydrogen-bond acceptors (Lipinski definition) is 3. The van der Waals surface area contributed by atoms with Crippen LogP contribution < -0.4 is 0 Å². The van der Waals surface area contributed by atoms with E-state index >= 15 is 0 Å². The van der Waals surface area contributed by atoms with Gasteiger partial charge in [-0.2, -0.15) is 4.31 Å². The zero-order valence-corrected chi connectivity index (χ0v) is 17.3. The summed E-state index contributed by atoms with van der Waals surface area (Å²) in [6.45, 7) is 3.36. The van der Waals surface area contributed by atoms with Crippen molar-refractivity contribution in [2.45, 2.75) is 11.4 Å². The molecule has 0 aromatic heterocycles. The van der Waals surface area contributed by atoms with Gasteiger partial charge < -0.3 is 0 Å². The smallest absolute Gasteiger partial charge is 0.243 e. The Morgan fingerprint density at radius 2 is 1.48 bits per heavy atom. The number of nitrogens with zero attached hydrogens (tertiary/aromatic N) is 2. The largest absolute Gasteiger partial charge is 0.296 e. The third-order valence-corrected chi connectivity index (χ3v) is 7.43. The van der Waals surface area contributed by atoms with Crippen LogP contribution in [0.5, 0.6) is 0 Å². The molecule has 0 saturated carbocycles. The molecule has 3 aromatic carbocycles. The minimum Gasteiger partial charge on any atom is -0.296 e. The SMILES string of the molecule is O=S(=O)(c1ccc2ccccc2c1)N1CCN(Cc2ccc(Br)cc2)CC1. The van der Waals surface area contributed by atoms with E-state index < -0.39 is 10.0 Å². The summed E-state index contributed by atoms with van der Waals surface area (Å²) in [5.74, 6) is 0. The minimum atomic E-state index is -3.45. The fraction of sp³-hybridized carbons (Fsp3) is 0.238. The Morgan fingerprint density at radius 3 is 2.19 bits per heavy atom. The Bertz CT molecular complexity index is 1040. The molecule has 0 aliphatic carbocycles. The van der Waals surface area contributed by atoms with Crippen LogP contribution in [0.15, 0.2) is 76.1 Å². The molecule has 0 spiro atoms. The Balaban J connectivity index is 1.45. The molecule has 1 aliphatic rings. The Kier molecular flexibility index (Phi) is 5.32. The van der Waals surface area contributed by atoms with E-state index in [0.717, 1.165) is 34.9 Å². The Labute approximate surface area is 168 Å². The van der Waals surface area contributed by atoms with E-state index in [4.69, 9.17) is 0 Å².